The number of methoxy groups -OCH3 is 1. The highest BCUT2D eigenvalue weighted by molar-refractivity contribution is 5.81. The van der Waals surface area contributed by atoms with E-state index in [4.69, 9.17) is 19.6 Å². The van der Waals surface area contributed by atoms with Crippen molar-refractivity contribution in [3.8, 4) is 0 Å². The van der Waals surface area contributed by atoms with Gasteiger partial charge in [0.2, 0.25) is 5.95 Å². The van der Waals surface area contributed by atoms with Gasteiger partial charge in [-0.3, -0.25) is 0 Å². The van der Waals surface area contributed by atoms with Gasteiger partial charge in [-0.25, -0.2) is 9.50 Å². The molecule has 2 N–H and O–H groups in total. The predicted molar refractivity (Wildman–Crippen MR) is 148 cm³/mol. The van der Waals surface area contributed by atoms with Crippen LogP contribution in [0.4, 0.5) is 5.95 Å². The summed E-state index contributed by atoms with van der Waals surface area (Å²) in [6.45, 7) is 10.6. The standard InChI is InChI=1S/C29H42N6O3/c1-19(18-37-3)31-29-30-17-28-26(16-27(35(28)32-29)21-4-8-25(36)9-5-21)22-14-23-6-7-24(15-22)34(23)20(2)33-10-12-38-13-11-33/h14,16-17,19,21,23-25,36H,2,4-13,15,18H2,1,3H3,(H,31,32)/t19-,21?,23-,24+,25?/m0/s1. The number of aromatic nitrogens is 3. The average Bonchev–Trinajstić information content (AvgIpc) is 3.43. The summed E-state index contributed by atoms with van der Waals surface area (Å²) in [5, 5.41) is 18.5. The zero-order valence-electron chi connectivity index (χ0n) is 22.8. The zero-order valence-corrected chi connectivity index (χ0v) is 22.8. The molecule has 38 heavy (non-hydrogen) atoms. The molecule has 0 aromatic carbocycles. The number of nitrogens with zero attached hydrogens (tertiary/aromatic N) is 5. The Bertz CT molecular complexity index is 1180. The fourth-order valence-electron chi connectivity index (χ4n) is 6.93. The van der Waals surface area contributed by atoms with E-state index >= 15 is 0 Å². The third-order valence-corrected chi connectivity index (χ3v) is 8.87. The summed E-state index contributed by atoms with van der Waals surface area (Å²) in [5.41, 5.74) is 4.97. The van der Waals surface area contributed by atoms with Crippen LogP contribution in [0.1, 0.15) is 69.0 Å². The second-order valence-electron chi connectivity index (χ2n) is 11.5. The van der Waals surface area contributed by atoms with Crippen molar-refractivity contribution in [2.45, 2.75) is 82.0 Å². The highest BCUT2D eigenvalue weighted by atomic mass is 16.5. The second kappa shape index (κ2) is 10.9. The van der Waals surface area contributed by atoms with Gasteiger partial charge in [0.05, 0.1) is 43.5 Å². The number of aliphatic hydroxyl groups excluding tert-OH is 1. The molecule has 5 heterocycles. The maximum Gasteiger partial charge on any atom is 0.241 e. The highest BCUT2D eigenvalue weighted by Crippen LogP contribution is 2.44. The highest BCUT2D eigenvalue weighted by Gasteiger charge is 2.39. The van der Waals surface area contributed by atoms with Crippen LogP contribution in [0, 0.1) is 0 Å². The van der Waals surface area contributed by atoms with E-state index in [0.717, 1.165) is 69.7 Å². The quantitative estimate of drug-likeness (QED) is 0.544. The molecule has 0 amide bonds. The molecule has 3 atom stereocenters. The Morgan fingerprint density at radius 3 is 2.74 bits per heavy atom. The van der Waals surface area contributed by atoms with E-state index in [1.165, 1.54) is 29.7 Å². The van der Waals surface area contributed by atoms with Crippen LogP contribution in [0.2, 0.25) is 0 Å². The molecule has 9 heteroatoms. The van der Waals surface area contributed by atoms with E-state index in [2.05, 4.69) is 45.3 Å². The minimum atomic E-state index is -0.180. The Hall–Kier alpha value is -2.62. The summed E-state index contributed by atoms with van der Waals surface area (Å²) >= 11 is 0. The molecule has 2 bridgehead atoms. The van der Waals surface area contributed by atoms with E-state index in [1.807, 2.05) is 6.20 Å². The first-order valence-corrected chi connectivity index (χ1v) is 14.3. The Kier molecular flexibility index (Phi) is 7.33. The Balaban J connectivity index is 1.32. The predicted octanol–water partition coefficient (Wildman–Crippen LogP) is 3.62. The normalized spacial score (nSPS) is 28.4. The molecule has 0 unspecified atom stereocenters. The molecular formula is C29H42N6O3. The molecule has 1 saturated carbocycles. The molecule has 2 saturated heterocycles. The summed E-state index contributed by atoms with van der Waals surface area (Å²) in [6, 6.07) is 3.32. The number of morpholine rings is 1. The summed E-state index contributed by atoms with van der Waals surface area (Å²) in [6.07, 6.45) is 11.3. The van der Waals surface area contributed by atoms with E-state index in [1.54, 1.807) is 7.11 Å². The third-order valence-electron chi connectivity index (χ3n) is 8.87. The first kappa shape index (κ1) is 25.6. The molecule has 3 aliphatic heterocycles. The molecule has 4 aliphatic rings. The zero-order chi connectivity index (χ0) is 26.2. The lowest BCUT2D eigenvalue weighted by Crippen LogP contribution is -2.46. The molecule has 3 fully saturated rings. The lowest BCUT2D eigenvalue weighted by molar-refractivity contribution is 0.0332. The van der Waals surface area contributed by atoms with Gasteiger partial charge >= 0.3 is 0 Å². The number of nitrogens with one attached hydrogen (secondary N) is 1. The summed E-state index contributed by atoms with van der Waals surface area (Å²) in [7, 11) is 1.71. The van der Waals surface area contributed by atoms with Crippen molar-refractivity contribution in [2.24, 2.45) is 0 Å². The number of aliphatic hydroxyl groups is 1. The van der Waals surface area contributed by atoms with Gasteiger partial charge in [0, 0.05) is 55.5 Å². The molecule has 1 aliphatic carbocycles. The van der Waals surface area contributed by atoms with Crippen molar-refractivity contribution in [3.05, 3.63) is 42.0 Å². The van der Waals surface area contributed by atoms with Gasteiger partial charge in [-0.15, -0.1) is 5.10 Å². The topological polar surface area (TPSA) is 87.4 Å². The Morgan fingerprint density at radius 1 is 1.21 bits per heavy atom. The van der Waals surface area contributed by atoms with Crippen LogP contribution in [0.5, 0.6) is 0 Å². The molecular weight excluding hydrogens is 480 g/mol. The number of ether oxygens (including phenoxy) is 2. The largest absolute Gasteiger partial charge is 0.393 e. The van der Waals surface area contributed by atoms with Crippen LogP contribution in [0.3, 0.4) is 0 Å². The van der Waals surface area contributed by atoms with Crippen molar-refractivity contribution in [1.82, 2.24) is 24.4 Å². The van der Waals surface area contributed by atoms with Gasteiger partial charge in [0.25, 0.3) is 0 Å². The van der Waals surface area contributed by atoms with Crippen molar-refractivity contribution in [2.75, 3.05) is 45.3 Å². The maximum atomic E-state index is 10.1. The smallest absolute Gasteiger partial charge is 0.241 e. The summed E-state index contributed by atoms with van der Waals surface area (Å²) in [5.74, 6) is 2.16. The van der Waals surface area contributed by atoms with Gasteiger partial charge in [0.15, 0.2) is 0 Å². The van der Waals surface area contributed by atoms with Crippen LogP contribution in [0.15, 0.2) is 30.7 Å². The van der Waals surface area contributed by atoms with E-state index in [-0.39, 0.29) is 12.1 Å². The number of fused-ring (bicyclic) bond motifs is 3. The molecule has 206 valence electrons. The minimum absolute atomic E-state index is 0.114. The van der Waals surface area contributed by atoms with Gasteiger partial charge in [0.1, 0.15) is 0 Å². The number of hydrogen-bond acceptors (Lipinski definition) is 8. The molecule has 0 spiro atoms. The molecule has 9 nitrogen and oxygen atoms in total. The number of hydrogen-bond donors (Lipinski definition) is 2. The van der Waals surface area contributed by atoms with E-state index in [9.17, 15) is 5.11 Å². The molecule has 2 aromatic heterocycles. The molecule has 6 rings (SSSR count). The van der Waals surface area contributed by atoms with Gasteiger partial charge in [-0.05, 0) is 63.5 Å². The lowest BCUT2D eigenvalue weighted by Gasteiger charge is -2.43. The van der Waals surface area contributed by atoms with Gasteiger partial charge in [-0.1, -0.05) is 12.7 Å². The molecule has 0 radical (unpaired) electrons. The average molecular weight is 523 g/mol. The number of anilines is 1. The number of rotatable bonds is 8. The van der Waals surface area contributed by atoms with Gasteiger partial charge in [-0.2, -0.15) is 0 Å². The monoisotopic (exact) mass is 522 g/mol. The van der Waals surface area contributed by atoms with Crippen LogP contribution in [0.25, 0.3) is 11.1 Å². The van der Waals surface area contributed by atoms with Crippen LogP contribution < -0.4 is 5.32 Å². The van der Waals surface area contributed by atoms with Crippen molar-refractivity contribution in [3.63, 3.8) is 0 Å². The van der Waals surface area contributed by atoms with E-state index < -0.39 is 0 Å². The fraction of sp³-hybridized carbons (Fsp3) is 0.655. The van der Waals surface area contributed by atoms with Crippen molar-refractivity contribution >= 4 is 17.0 Å². The van der Waals surface area contributed by atoms with E-state index in [0.29, 0.717) is 30.6 Å². The van der Waals surface area contributed by atoms with Crippen molar-refractivity contribution in [1.29, 1.82) is 0 Å². The first-order valence-electron chi connectivity index (χ1n) is 14.3. The van der Waals surface area contributed by atoms with Gasteiger partial charge < -0.3 is 29.7 Å². The SMILES string of the molecule is C=C(N1CCOCC1)N1[C@@H]2CC[C@H]1C=C(c1cc(C3CCC(O)CC3)n3nc(N[C@@H](C)COC)ncc13)C2. The fourth-order valence-corrected chi connectivity index (χ4v) is 6.93. The summed E-state index contributed by atoms with van der Waals surface area (Å²) in [4.78, 5) is 9.66. The molecule has 2 aromatic rings. The first-order chi connectivity index (χ1) is 18.5. The summed E-state index contributed by atoms with van der Waals surface area (Å²) < 4.78 is 13.0. The second-order valence-corrected chi connectivity index (χ2v) is 11.5. The van der Waals surface area contributed by atoms with Crippen molar-refractivity contribution < 1.29 is 14.6 Å². The van der Waals surface area contributed by atoms with Crippen LogP contribution in [-0.2, 0) is 9.47 Å². The van der Waals surface area contributed by atoms with Crippen LogP contribution >= 0.6 is 0 Å². The third kappa shape index (κ3) is 4.92. The maximum absolute atomic E-state index is 10.1. The van der Waals surface area contributed by atoms with Crippen LogP contribution in [-0.4, -0.2) is 93.8 Å². The lowest BCUT2D eigenvalue weighted by atomic mass is 9.85. The minimum Gasteiger partial charge on any atom is -0.393 e. The Labute approximate surface area is 225 Å². The Morgan fingerprint density at radius 2 is 2.00 bits per heavy atom.